The summed E-state index contributed by atoms with van der Waals surface area (Å²) in [6.07, 6.45) is 3.14. The summed E-state index contributed by atoms with van der Waals surface area (Å²) in [4.78, 5) is 12.8. The van der Waals surface area contributed by atoms with Crippen LogP contribution in [0.15, 0.2) is 53.6 Å². The maximum absolute atomic E-state index is 14.6. The van der Waals surface area contributed by atoms with Crippen LogP contribution in [0.25, 0.3) is 0 Å². The maximum atomic E-state index is 14.6. The van der Waals surface area contributed by atoms with E-state index in [1.54, 1.807) is 7.05 Å². The summed E-state index contributed by atoms with van der Waals surface area (Å²) in [5, 5.41) is 9.51. The van der Waals surface area contributed by atoms with Gasteiger partial charge in [-0.3, -0.25) is 4.79 Å². The third-order valence-electron chi connectivity index (χ3n) is 5.78. The van der Waals surface area contributed by atoms with Crippen LogP contribution in [0.3, 0.4) is 0 Å². The second-order valence-electron chi connectivity index (χ2n) is 7.93. The Morgan fingerprint density at radius 1 is 1.29 bits per heavy atom. The van der Waals surface area contributed by atoms with Crippen molar-refractivity contribution < 1.29 is 13.6 Å². The normalized spacial score (nSPS) is 21.8. The van der Waals surface area contributed by atoms with Crippen molar-refractivity contribution in [3.8, 4) is 0 Å². The number of nitrogens with two attached hydrogens (primary N) is 1. The van der Waals surface area contributed by atoms with Crippen molar-refractivity contribution in [1.82, 2.24) is 10.3 Å². The highest BCUT2D eigenvalue weighted by molar-refractivity contribution is 8.15. The van der Waals surface area contributed by atoms with Gasteiger partial charge < -0.3 is 11.1 Å². The van der Waals surface area contributed by atoms with Crippen LogP contribution in [0.4, 0.5) is 8.78 Å². The lowest BCUT2D eigenvalue weighted by Gasteiger charge is -2.37. The predicted octanol–water partition coefficient (Wildman–Crippen LogP) is 3.79. The van der Waals surface area contributed by atoms with Crippen molar-refractivity contribution in [2.75, 3.05) is 13.6 Å². The topological polar surface area (TPSA) is 70.7 Å². The summed E-state index contributed by atoms with van der Waals surface area (Å²) in [6.45, 7) is 0.443. The van der Waals surface area contributed by atoms with Gasteiger partial charge in [0.25, 0.3) is 5.91 Å². The van der Waals surface area contributed by atoms with E-state index >= 15 is 0 Å². The Labute approximate surface area is 185 Å². The van der Waals surface area contributed by atoms with Crippen molar-refractivity contribution in [2.24, 2.45) is 16.8 Å². The number of nitrogens with zero attached hydrogens (tertiary/aromatic N) is 2. The van der Waals surface area contributed by atoms with Gasteiger partial charge >= 0.3 is 0 Å². The molecule has 0 bridgehead atoms. The molecule has 31 heavy (non-hydrogen) atoms. The molecule has 1 aliphatic carbocycles. The van der Waals surface area contributed by atoms with E-state index in [-0.39, 0.29) is 28.5 Å². The zero-order valence-electron chi connectivity index (χ0n) is 17.4. The quantitative estimate of drug-likeness (QED) is 0.650. The van der Waals surface area contributed by atoms with Crippen molar-refractivity contribution >= 4 is 22.7 Å². The molecule has 4 rings (SSSR count). The molecule has 1 fully saturated rings. The minimum absolute atomic E-state index is 0.0563. The van der Waals surface area contributed by atoms with Gasteiger partial charge in [-0.15, -0.1) is 0 Å². The molecule has 0 saturated heterocycles. The highest BCUT2D eigenvalue weighted by Crippen LogP contribution is 2.51. The molecule has 1 heterocycles. The van der Waals surface area contributed by atoms with E-state index in [1.165, 1.54) is 16.8 Å². The standard InChI is InChI=1S/C23H26F2N4OS/c1-27-20(15-8-9-15)22(30)29-23(12-5-13-26,16-6-3-2-4-7-16)31-21(28-29)18-14-17(24)10-11-19(18)25/h2-4,6-7,10-11,14-15,20,27H,5,8-9,12-13,26H2,1H3/t20-,23?/m0/s1. The van der Waals surface area contributed by atoms with Crippen LogP contribution in [0.1, 0.15) is 36.8 Å². The van der Waals surface area contributed by atoms with Crippen LogP contribution in [-0.2, 0) is 9.67 Å². The number of benzene rings is 2. The number of carbonyl (C=O) groups excluding carboxylic acids is 1. The molecule has 5 nitrogen and oxygen atoms in total. The summed E-state index contributed by atoms with van der Waals surface area (Å²) >= 11 is 1.29. The number of hydrogen-bond donors (Lipinski definition) is 2. The molecule has 0 spiro atoms. The largest absolute Gasteiger partial charge is 0.330 e. The monoisotopic (exact) mass is 444 g/mol. The number of carbonyl (C=O) groups is 1. The molecule has 2 atom stereocenters. The molecule has 8 heteroatoms. The summed E-state index contributed by atoms with van der Waals surface area (Å²) in [5.74, 6) is -1.03. The molecular weight excluding hydrogens is 418 g/mol. The molecule has 2 aromatic carbocycles. The van der Waals surface area contributed by atoms with Crippen LogP contribution >= 0.6 is 11.8 Å². The lowest BCUT2D eigenvalue weighted by Crippen LogP contribution is -2.50. The van der Waals surface area contributed by atoms with Gasteiger partial charge in [0.1, 0.15) is 21.5 Å². The first-order valence-corrected chi connectivity index (χ1v) is 11.3. The van der Waals surface area contributed by atoms with Gasteiger partial charge in [-0.2, -0.15) is 5.10 Å². The number of halogens is 2. The van der Waals surface area contributed by atoms with E-state index in [1.807, 2.05) is 30.3 Å². The van der Waals surface area contributed by atoms with Gasteiger partial charge in [0.15, 0.2) is 0 Å². The first kappa shape index (κ1) is 21.9. The fourth-order valence-corrected chi connectivity index (χ4v) is 5.46. The Bertz CT molecular complexity index is 983. The number of likely N-dealkylation sites (N-methyl/N-ethyl adjacent to an activating group) is 1. The highest BCUT2D eigenvalue weighted by Gasteiger charge is 2.51. The van der Waals surface area contributed by atoms with E-state index < -0.39 is 16.5 Å². The summed E-state index contributed by atoms with van der Waals surface area (Å²) in [5.41, 5.74) is 6.76. The van der Waals surface area contributed by atoms with Crippen LogP contribution in [0.5, 0.6) is 0 Å². The van der Waals surface area contributed by atoms with Crippen LogP contribution in [0.2, 0.25) is 0 Å². The minimum Gasteiger partial charge on any atom is -0.330 e. The average Bonchev–Trinajstić information content (AvgIpc) is 3.54. The van der Waals surface area contributed by atoms with Gasteiger partial charge in [-0.25, -0.2) is 13.8 Å². The Morgan fingerprint density at radius 3 is 2.68 bits per heavy atom. The van der Waals surface area contributed by atoms with Gasteiger partial charge in [-0.05, 0) is 69.0 Å². The number of hydrazone groups is 1. The maximum Gasteiger partial charge on any atom is 0.261 e. The first-order valence-electron chi connectivity index (χ1n) is 10.5. The van der Waals surface area contributed by atoms with Crippen molar-refractivity contribution in [2.45, 2.75) is 36.6 Å². The van der Waals surface area contributed by atoms with Gasteiger partial charge in [0.2, 0.25) is 0 Å². The van der Waals surface area contributed by atoms with Crippen molar-refractivity contribution in [3.63, 3.8) is 0 Å². The van der Waals surface area contributed by atoms with E-state index in [4.69, 9.17) is 5.73 Å². The molecule has 2 aromatic rings. The Hall–Kier alpha value is -2.29. The lowest BCUT2D eigenvalue weighted by molar-refractivity contribution is -0.137. The molecule has 1 aliphatic heterocycles. The van der Waals surface area contributed by atoms with Crippen molar-refractivity contribution in [3.05, 3.63) is 71.3 Å². The van der Waals surface area contributed by atoms with Crippen LogP contribution in [-0.4, -0.2) is 35.6 Å². The molecule has 164 valence electrons. The number of hydrogen-bond acceptors (Lipinski definition) is 5. The molecule has 2 aliphatic rings. The first-order chi connectivity index (χ1) is 15.0. The summed E-state index contributed by atoms with van der Waals surface area (Å²) in [6, 6.07) is 12.5. The van der Waals surface area contributed by atoms with E-state index in [2.05, 4.69) is 10.4 Å². The average molecular weight is 445 g/mol. The van der Waals surface area contributed by atoms with Crippen molar-refractivity contribution in [1.29, 1.82) is 0 Å². The minimum atomic E-state index is -0.879. The Balaban J connectivity index is 1.83. The van der Waals surface area contributed by atoms with Crippen LogP contribution in [0, 0.1) is 17.6 Å². The SMILES string of the molecule is CN[C@H](C(=O)N1N=C(c2cc(F)ccc2F)SC1(CCCN)c1ccccc1)C1CC1. The van der Waals surface area contributed by atoms with Gasteiger partial charge in [-0.1, -0.05) is 42.1 Å². The third-order valence-corrected chi connectivity index (χ3v) is 7.23. The smallest absolute Gasteiger partial charge is 0.261 e. The summed E-state index contributed by atoms with van der Waals surface area (Å²) < 4.78 is 28.6. The molecule has 1 unspecified atom stereocenters. The van der Waals surface area contributed by atoms with E-state index in [9.17, 15) is 13.6 Å². The zero-order chi connectivity index (χ0) is 22.0. The molecule has 0 radical (unpaired) electrons. The fourth-order valence-electron chi connectivity index (χ4n) is 4.04. The summed E-state index contributed by atoms with van der Waals surface area (Å²) in [7, 11) is 1.77. The molecule has 1 amide bonds. The molecule has 3 N–H and O–H groups in total. The van der Waals surface area contributed by atoms with E-state index in [0.717, 1.165) is 36.6 Å². The molecular formula is C23H26F2N4OS. The van der Waals surface area contributed by atoms with Crippen LogP contribution < -0.4 is 11.1 Å². The Morgan fingerprint density at radius 2 is 2.03 bits per heavy atom. The number of nitrogens with one attached hydrogen (secondary N) is 1. The number of rotatable bonds is 8. The fraction of sp³-hybridized carbons (Fsp3) is 0.391. The van der Waals surface area contributed by atoms with Gasteiger partial charge in [0, 0.05) is 5.56 Å². The van der Waals surface area contributed by atoms with Gasteiger partial charge in [0.05, 0.1) is 6.04 Å². The Kier molecular flexibility index (Phi) is 6.41. The number of thioether (sulfide) groups is 1. The second kappa shape index (κ2) is 9.06. The van der Waals surface area contributed by atoms with E-state index in [0.29, 0.717) is 19.4 Å². The lowest BCUT2D eigenvalue weighted by atomic mass is 9.99. The molecule has 0 aromatic heterocycles. The zero-order valence-corrected chi connectivity index (χ0v) is 18.2. The number of amides is 1. The molecule has 1 saturated carbocycles. The second-order valence-corrected chi connectivity index (χ2v) is 9.19. The highest BCUT2D eigenvalue weighted by atomic mass is 32.2. The predicted molar refractivity (Wildman–Crippen MR) is 119 cm³/mol. The third kappa shape index (κ3) is 4.24.